The van der Waals surface area contributed by atoms with Gasteiger partial charge >= 0.3 is 0 Å². The molecule has 2 amide bonds. The first-order valence-electron chi connectivity index (χ1n) is 6.86. The number of rotatable bonds is 1. The molecule has 0 bridgehead atoms. The Kier molecular flexibility index (Phi) is 3.43. The number of amides is 2. The van der Waals surface area contributed by atoms with E-state index in [2.05, 4.69) is 10.3 Å². The van der Waals surface area contributed by atoms with Crippen LogP contribution >= 0.6 is 0 Å². The first-order chi connectivity index (χ1) is 10.1. The number of hydrogen-bond acceptors (Lipinski definition) is 4. The predicted molar refractivity (Wildman–Crippen MR) is 79.7 cm³/mol. The van der Waals surface area contributed by atoms with Crippen molar-refractivity contribution in [1.82, 2.24) is 15.2 Å². The number of nitrogens with two attached hydrogens (primary N) is 1. The summed E-state index contributed by atoms with van der Waals surface area (Å²) >= 11 is 0. The van der Waals surface area contributed by atoms with Gasteiger partial charge in [-0.25, -0.2) is 4.98 Å². The molecule has 6 heteroatoms. The number of hydrogen-bond donors (Lipinski definition) is 2. The molecular weight excluding hydrogens is 268 g/mol. The molecule has 1 saturated heterocycles. The van der Waals surface area contributed by atoms with Crippen LogP contribution in [0.2, 0.25) is 0 Å². The van der Waals surface area contributed by atoms with Crippen molar-refractivity contribution < 1.29 is 9.59 Å². The molecule has 3 N–H and O–H groups in total. The largest absolute Gasteiger partial charge is 0.384 e. The molecule has 1 aliphatic heterocycles. The van der Waals surface area contributed by atoms with Crippen molar-refractivity contribution >= 4 is 28.5 Å². The number of carbonyl (C=O) groups is 2. The van der Waals surface area contributed by atoms with E-state index in [-0.39, 0.29) is 18.4 Å². The summed E-state index contributed by atoms with van der Waals surface area (Å²) in [6.45, 7) is 1.23. The van der Waals surface area contributed by atoms with Gasteiger partial charge in [-0.1, -0.05) is 18.2 Å². The molecule has 0 unspecified atom stereocenters. The van der Waals surface area contributed by atoms with Gasteiger partial charge in [0, 0.05) is 18.5 Å². The molecule has 0 radical (unpaired) electrons. The topological polar surface area (TPSA) is 88.3 Å². The fraction of sp³-hybridized carbons (Fsp3) is 0.267. The van der Waals surface area contributed by atoms with Crippen LogP contribution in [0.1, 0.15) is 16.8 Å². The van der Waals surface area contributed by atoms with E-state index >= 15 is 0 Å². The lowest BCUT2D eigenvalue weighted by Gasteiger charge is -2.20. The van der Waals surface area contributed by atoms with Gasteiger partial charge in [-0.15, -0.1) is 0 Å². The summed E-state index contributed by atoms with van der Waals surface area (Å²) in [5.41, 5.74) is 6.96. The Labute approximate surface area is 121 Å². The van der Waals surface area contributed by atoms with E-state index in [1.807, 2.05) is 24.3 Å². The molecule has 1 fully saturated rings. The van der Waals surface area contributed by atoms with Crippen LogP contribution in [-0.2, 0) is 4.79 Å². The quantitative estimate of drug-likeness (QED) is 0.810. The minimum absolute atomic E-state index is 0.0788. The number of aromatic nitrogens is 1. The summed E-state index contributed by atoms with van der Waals surface area (Å²) in [7, 11) is 0. The maximum Gasteiger partial charge on any atom is 0.255 e. The normalized spacial score (nSPS) is 15.6. The smallest absolute Gasteiger partial charge is 0.255 e. The Morgan fingerprint density at radius 2 is 2.14 bits per heavy atom. The number of carbonyl (C=O) groups excluding carboxylic acids is 2. The number of para-hydroxylation sites is 1. The maximum absolute atomic E-state index is 12.7. The Bertz CT molecular complexity index is 714. The van der Waals surface area contributed by atoms with Gasteiger partial charge in [0.1, 0.15) is 5.82 Å². The minimum atomic E-state index is -0.183. The van der Waals surface area contributed by atoms with E-state index in [9.17, 15) is 9.59 Å². The highest BCUT2D eigenvalue weighted by molar-refractivity contribution is 6.07. The fourth-order valence-corrected chi connectivity index (χ4v) is 2.52. The Morgan fingerprint density at radius 1 is 1.33 bits per heavy atom. The van der Waals surface area contributed by atoms with Gasteiger partial charge in [-0.3, -0.25) is 9.59 Å². The number of nitrogens with zero attached hydrogens (tertiary/aromatic N) is 2. The van der Waals surface area contributed by atoms with Crippen molar-refractivity contribution in [1.29, 1.82) is 0 Å². The lowest BCUT2D eigenvalue weighted by atomic mass is 10.1. The number of anilines is 1. The van der Waals surface area contributed by atoms with Gasteiger partial charge in [0.05, 0.1) is 17.6 Å². The highest BCUT2D eigenvalue weighted by Gasteiger charge is 2.23. The van der Waals surface area contributed by atoms with Gasteiger partial charge in [-0.05, 0) is 18.6 Å². The van der Waals surface area contributed by atoms with Gasteiger partial charge in [0.2, 0.25) is 5.91 Å². The van der Waals surface area contributed by atoms with Gasteiger partial charge in [0.25, 0.3) is 5.91 Å². The second kappa shape index (κ2) is 5.40. The number of pyridine rings is 1. The molecule has 1 aromatic carbocycles. The zero-order valence-corrected chi connectivity index (χ0v) is 11.5. The van der Waals surface area contributed by atoms with Crippen LogP contribution in [-0.4, -0.2) is 41.3 Å². The molecule has 0 saturated carbocycles. The summed E-state index contributed by atoms with van der Waals surface area (Å²) in [6, 6.07) is 8.94. The average Bonchev–Trinajstić information content (AvgIpc) is 2.70. The molecule has 1 aromatic heterocycles. The standard InChI is InChI=1S/C15H16N4O2/c16-13-8-11(10-4-1-2-5-12(10)18-13)15(21)19-7-3-6-17-14(20)9-19/h1-2,4-5,8H,3,6-7,9H2,(H2,16,18)(H,17,20). The number of fused-ring (bicyclic) bond motifs is 1. The zero-order valence-electron chi connectivity index (χ0n) is 11.5. The third-order valence-electron chi connectivity index (χ3n) is 3.52. The Morgan fingerprint density at radius 3 is 3.00 bits per heavy atom. The molecule has 1 aliphatic rings. The molecule has 21 heavy (non-hydrogen) atoms. The molecule has 2 aromatic rings. The lowest BCUT2D eigenvalue weighted by Crippen LogP contribution is -2.37. The van der Waals surface area contributed by atoms with E-state index in [4.69, 9.17) is 5.73 Å². The summed E-state index contributed by atoms with van der Waals surface area (Å²) in [6.07, 6.45) is 0.746. The number of nitrogen functional groups attached to an aromatic ring is 1. The summed E-state index contributed by atoms with van der Waals surface area (Å²) in [5, 5.41) is 3.51. The van der Waals surface area contributed by atoms with Gasteiger partial charge in [-0.2, -0.15) is 0 Å². The van der Waals surface area contributed by atoms with Crippen LogP contribution in [0, 0.1) is 0 Å². The molecule has 0 atom stereocenters. The van der Waals surface area contributed by atoms with Crippen molar-refractivity contribution in [2.75, 3.05) is 25.4 Å². The van der Waals surface area contributed by atoms with E-state index in [0.717, 1.165) is 11.8 Å². The third kappa shape index (κ3) is 2.65. The second-order valence-corrected chi connectivity index (χ2v) is 5.04. The monoisotopic (exact) mass is 284 g/mol. The maximum atomic E-state index is 12.7. The Balaban J connectivity index is 2.02. The zero-order chi connectivity index (χ0) is 14.8. The molecule has 0 spiro atoms. The van der Waals surface area contributed by atoms with Crippen molar-refractivity contribution in [3.63, 3.8) is 0 Å². The first-order valence-corrected chi connectivity index (χ1v) is 6.86. The summed E-state index contributed by atoms with van der Waals surface area (Å²) < 4.78 is 0. The van der Waals surface area contributed by atoms with Crippen LogP contribution in [0.3, 0.4) is 0 Å². The van der Waals surface area contributed by atoms with Crippen molar-refractivity contribution in [3.05, 3.63) is 35.9 Å². The second-order valence-electron chi connectivity index (χ2n) is 5.04. The van der Waals surface area contributed by atoms with Gasteiger partial charge < -0.3 is 16.0 Å². The highest BCUT2D eigenvalue weighted by atomic mass is 16.2. The molecule has 2 heterocycles. The molecule has 3 rings (SSSR count). The van der Waals surface area contributed by atoms with Crippen LogP contribution in [0.15, 0.2) is 30.3 Å². The predicted octanol–water partition coefficient (Wildman–Crippen LogP) is 0.779. The van der Waals surface area contributed by atoms with Crippen LogP contribution in [0.5, 0.6) is 0 Å². The lowest BCUT2D eigenvalue weighted by molar-refractivity contribution is -0.121. The highest BCUT2D eigenvalue weighted by Crippen LogP contribution is 2.21. The molecule has 108 valence electrons. The number of benzene rings is 1. The summed E-state index contributed by atoms with van der Waals surface area (Å²) in [5.74, 6) is -0.0131. The first kappa shape index (κ1) is 13.4. The number of nitrogens with one attached hydrogen (secondary N) is 1. The Hall–Kier alpha value is -2.63. The van der Waals surface area contributed by atoms with Crippen molar-refractivity contribution in [3.8, 4) is 0 Å². The van der Waals surface area contributed by atoms with E-state index in [1.165, 1.54) is 0 Å². The van der Waals surface area contributed by atoms with Crippen LogP contribution in [0.4, 0.5) is 5.82 Å². The van der Waals surface area contributed by atoms with E-state index in [1.54, 1.807) is 11.0 Å². The van der Waals surface area contributed by atoms with Crippen LogP contribution in [0.25, 0.3) is 10.9 Å². The van der Waals surface area contributed by atoms with E-state index < -0.39 is 0 Å². The van der Waals surface area contributed by atoms with Crippen LogP contribution < -0.4 is 11.1 Å². The van der Waals surface area contributed by atoms with Crippen molar-refractivity contribution in [2.45, 2.75) is 6.42 Å². The minimum Gasteiger partial charge on any atom is -0.384 e. The summed E-state index contributed by atoms with van der Waals surface area (Å²) in [4.78, 5) is 30.1. The molecule has 6 nitrogen and oxygen atoms in total. The molecule has 0 aliphatic carbocycles. The average molecular weight is 284 g/mol. The molecular formula is C15H16N4O2. The fourth-order valence-electron chi connectivity index (χ4n) is 2.52. The SMILES string of the molecule is Nc1cc(C(=O)N2CCCNC(=O)C2)c2ccccc2n1. The van der Waals surface area contributed by atoms with E-state index in [0.29, 0.717) is 30.0 Å². The third-order valence-corrected chi connectivity index (χ3v) is 3.52. The van der Waals surface area contributed by atoms with Gasteiger partial charge in [0.15, 0.2) is 0 Å². The van der Waals surface area contributed by atoms with Crippen molar-refractivity contribution in [2.24, 2.45) is 0 Å².